The molecule has 0 aliphatic carbocycles. The van der Waals surface area contributed by atoms with Gasteiger partial charge < -0.3 is 20.4 Å². The van der Waals surface area contributed by atoms with Gasteiger partial charge in [-0.1, -0.05) is 12.8 Å². The Kier molecular flexibility index (Phi) is 7.30. The van der Waals surface area contributed by atoms with Gasteiger partial charge in [0.25, 0.3) is 0 Å². The Bertz CT molecular complexity index is 852. The number of anilines is 3. The Hall–Kier alpha value is -2.74. The van der Waals surface area contributed by atoms with Crippen molar-refractivity contribution in [1.82, 2.24) is 19.9 Å². The van der Waals surface area contributed by atoms with Crippen LogP contribution in [0.4, 0.5) is 17.6 Å². The van der Waals surface area contributed by atoms with Crippen LogP contribution in [0.25, 0.3) is 0 Å². The van der Waals surface area contributed by atoms with Crippen molar-refractivity contribution in [3.8, 4) is 0 Å². The predicted molar refractivity (Wildman–Crippen MR) is 127 cm³/mol. The highest BCUT2D eigenvalue weighted by Gasteiger charge is 2.17. The molecule has 8 nitrogen and oxygen atoms in total. The largest absolute Gasteiger partial charge is 0.373 e. The molecule has 0 unspecified atom stereocenters. The third-order valence-corrected chi connectivity index (χ3v) is 6.17. The molecule has 0 spiro atoms. The molecule has 0 saturated carbocycles. The maximum Gasteiger partial charge on any atom is 0.222 e. The van der Waals surface area contributed by atoms with Crippen molar-refractivity contribution in [3.05, 3.63) is 35.7 Å². The van der Waals surface area contributed by atoms with Crippen LogP contribution in [0.2, 0.25) is 0 Å². The zero-order valence-electron chi connectivity index (χ0n) is 18.5. The molecular weight excluding hydrogens is 388 g/mol. The van der Waals surface area contributed by atoms with E-state index in [9.17, 15) is 0 Å². The smallest absolute Gasteiger partial charge is 0.222 e. The van der Waals surface area contributed by atoms with E-state index in [0.29, 0.717) is 17.2 Å². The lowest BCUT2D eigenvalue weighted by Crippen LogP contribution is -2.26. The van der Waals surface area contributed by atoms with E-state index >= 15 is 0 Å². The molecule has 166 valence electrons. The molecule has 2 aromatic rings. The van der Waals surface area contributed by atoms with Crippen LogP contribution in [0.15, 0.2) is 24.5 Å². The number of hydrogen-bond donors (Lipinski definition) is 3. The van der Waals surface area contributed by atoms with Crippen molar-refractivity contribution in [3.63, 3.8) is 0 Å². The second kappa shape index (κ2) is 10.5. The summed E-state index contributed by atoms with van der Waals surface area (Å²) in [4.78, 5) is 18.5. The van der Waals surface area contributed by atoms with Crippen LogP contribution < -0.4 is 15.5 Å². The molecule has 0 aromatic carbocycles. The zero-order chi connectivity index (χ0) is 21.5. The molecule has 4 heterocycles. The highest BCUT2D eigenvalue weighted by molar-refractivity contribution is 6.13. The predicted octanol–water partition coefficient (Wildman–Crippen LogP) is 3.22. The van der Waals surface area contributed by atoms with E-state index in [1.54, 1.807) is 12.4 Å². The standard InChI is InChI=1S/C23H34N8/c1-25-22-19(8-9-20(29-22)31-13-4-2-3-5-14-31)21(24)18-16-27-23(28-17-18)26-10-15-30-11-6-7-12-30/h8-9,16-17,24H,2-7,10-15H2,1H3,(H,25,29)(H,26,27,28). The van der Waals surface area contributed by atoms with Crippen molar-refractivity contribution in [1.29, 1.82) is 5.41 Å². The highest BCUT2D eigenvalue weighted by atomic mass is 15.2. The summed E-state index contributed by atoms with van der Waals surface area (Å²) in [5.41, 5.74) is 1.83. The number of aromatic nitrogens is 3. The Labute approximate surface area is 185 Å². The first-order valence-electron chi connectivity index (χ1n) is 11.6. The topological polar surface area (TPSA) is 93.1 Å². The molecular formula is C23H34N8. The van der Waals surface area contributed by atoms with Gasteiger partial charge >= 0.3 is 0 Å². The average molecular weight is 423 g/mol. The van der Waals surface area contributed by atoms with Gasteiger partial charge in [-0.25, -0.2) is 15.0 Å². The van der Waals surface area contributed by atoms with E-state index in [2.05, 4.69) is 30.4 Å². The number of hydrogen-bond acceptors (Lipinski definition) is 8. The first-order chi connectivity index (χ1) is 15.2. The quantitative estimate of drug-likeness (QED) is 0.563. The minimum absolute atomic E-state index is 0.378. The first-order valence-corrected chi connectivity index (χ1v) is 11.6. The van der Waals surface area contributed by atoms with E-state index < -0.39 is 0 Å². The molecule has 4 rings (SSSR count). The van der Waals surface area contributed by atoms with Gasteiger partial charge in [-0.05, 0) is 50.9 Å². The van der Waals surface area contributed by atoms with Crippen LogP contribution in [-0.2, 0) is 0 Å². The van der Waals surface area contributed by atoms with Crippen LogP contribution in [0.3, 0.4) is 0 Å². The third-order valence-electron chi connectivity index (χ3n) is 6.17. The molecule has 2 saturated heterocycles. The summed E-state index contributed by atoms with van der Waals surface area (Å²) in [6.07, 6.45) is 11.0. The van der Waals surface area contributed by atoms with Crippen molar-refractivity contribution in [2.45, 2.75) is 38.5 Å². The van der Waals surface area contributed by atoms with Crippen LogP contribution in [-0.4, -0.2) is 71.9 Å². The van der Waals surface area contributed by atoms with Gasteiger partial charge in [0.05, 0.1) is 5.71 Å². The first kappa shape index (κ1) is 21.5. The van der Waals surface area contributed by atoms with Crippen LogP contribution in [0.5, 0.6) is 0 Å². The minimum atomic E-state index is 0.378. The Morgan fingerprint density at radius 1 is 0.968 bits per heavy atom. The second-order valence-corrected chi connectivity index (χ2v) is 8.36. The molecule has 0 radical (unpaired) electrons. The van der Waals surface area contributed by atoms with Crippen molar-refractivity contribution in [2.75, 3.05) is 61.8 Å². The molecule has 0 amide bonds. The van der Waals surface area contributed by atoms with E-state index in [-0.39, 0.29) is 0 Å². The molecule has 2 aliphatic heterocycles. The van der Waals surface area contributed by atoms with E-state index in [1.807, 2.05) is 19.2 Å². The summed E-state index contributed by atoms with van der Waals surface area (Å²) in [5, 5.41) is 15.1. The van der Waals surface area contributed by atoms with Gasteiger partial charge in [-0.3, -0.25) is 5.41 Å². The highest BCUT2D eigenvalue weighted by Crippen LogP contribution is 2.23. The summed E-state index contributed by atoms with van der Waals surface area (Å²) in [5.74, 6) is 2.32. The molecule has 2 fully saturated rings. The summed E-state index contributed by atoms with van der Waals surface area (Å²) in [7, 11) is 1.86. The summed E-state index contributed by atoms with van der Waals surface area (Å²) in [6.45, 7) is 6.33. The fraction of sp³-hybridized carbons (Fsp3) is 0.565. The fourth-order valence-electron chi connectivity index (χ4n) is 4.35. The van der Waals surface area contributed by atoms with Crippen LogP contribution in [0.1, 0.15) is 49.7 Å². The second-order valence-electron chi connectivity index (χ2n) is 8.36. The van der Waals surface area contributed by atoms with Crippen LogP contribution >= 0.6 is 0 Å². The number of nitrogens with one attached hydrogen (secondary N) is 3. The van der Waals surface area contributed by atoms with Crippen molar-refractivity contribution in [2.24, 2.45) is 0 Å². The van der Waals surface area contributed by atoms with E-state index in [4.69, 9.17) is 10.4 Å². The minimum Gasteiger partial charge on any atom is -0.373 e. The Balaban J connectivity index is 1.40. The maximum absolute atomic E-state index is 8.69. The van der Waals surface area contributed by atoms with Crippen LogP contribution in [0, 0.1) is 5.41 Å². The Morgan fingerprint density at radius 3 is 2.32 bits per heavy atom. The number of pyridine rings is 1. The van der Waals surface area contributed by atoms with E-state index in [0.717, 1.165) is 43.4 Å². The lowest BCUT2D eigenvalue weighted by Gasteiger charge is -2.23. The van der Waals surface area contributed by atoms with Gasteiger partial charge in [-0.15, -0.1) is 0 Å². The molecule has 0 atom stereocenters. The van der Waals surface area contributed by atoms with Crippen molar-refractivity contribution < 1.29 is 0 Å². The molecule has 3 N–H and O–H groups in total. The molecule has 8 heteroatoms. The monoisotopic (exact) mass is 422 g/mol. The van der Waals surface area contributed by atoms with Gasteiger partial charge in [0.1, 0.15) is 11.6 Å². The average Bonchev–Trinajstić information content (AvgIpc) is 3.18. The molecule has 2 aromatic heterocycles. The lowest BCUT2D eigenvalue weighted by atomic mass is 10.1. The summed E-state index contributed by atoms with van der Waals surface area (Å²) >= 11 is 0. The lowest BCUT2D eigenvalue weighted by molar-refractivity contribution is 0.352. The van der Waals surface area contributed by atoms with Gasteiger partial charge in [0.15, 0.2) is 0 Å². The van der Waals surface area contributed by atoms with Gasteiger partial charge in [-0.2, -0.15) is 0 Å². The van der Waals surface area contributed by atoms with Gasteiger partial charge in [0.2, 0.25) is 5.95 Å². The maximum atomic E-state index is 8.69. The normalized spacial score (nSPS) is 17.4. The summed E-state index contributed by atoms with van der Waals surface area (Å²) in [6, 6.07) is 4.02. The molecule has 0 bridgehead atoms. The Morgan fingerprint density at radius 2 is 1.65 bits per heavy atom. The van der Waals surface area contributed by atoms with Crippen molar-refractivity contribution >= 4 is 23.3 Å². The number of rotatable bonds is 8. The SMILES string of the molecule is CNc1nc(N2CCCCCC2)ccc1C(=N)c1cnc(NCCN2CCCC2)nc1. The number of likely N-dealkylation sites (tertiary alicyclic amines) is 1. The van der Waals surface area contributed by atoms with E-state index in [1.165, 1.54) is 51.6 Å². The zero-order valence-corrected chi connectivity index (χ0v) is 18.5. The third kappa shape index (κ3) is 5.50. The molecule has 31 heavy (non-hydrogen) atoms. The molecule has 2 aliphatic rings. The number of nitrogens with zero attached hydrogens (tertiary/aromatic N) is 5. The van der Waals surface area contributed by atoms with Gasteiger partial charge in [0, 0.05) is 56.7 Å². The summed E-state index contributed by atoms with van der Waals surface area (Å²) < 4.78 is 0. The fourth-order valence-corrected chi connectivity index (χ4v) is 4.35.